The zero-order valence-corrected chi connectivity index (χ0v) is 18.3. The number of anilines is 1. The SMILES string of the molecule is CCOC(=O)c1c(NC(=O)Cn2nc(C(F)(F)F)c(Br)c2C)sc(C(C)=O)c1C. The number of alkyl halides is 3. The molecule has 0 saturated heterocycles. The smallest absolute Gasteiger partial charge is 0.436 e. The van der Waals surface area contributed by atoms with E-state index in [9.17, 15) is 27.6 Å². The molecule has 0 aliphatic rings. The van der Waals surface area contributed by atoms with Crippen molar-refractivity contribution in [2.24, 2.45) is 0 Å². The third-order valence-corrected chi connectivity index (χ3v) is 6.15. The fraction of sp³-hybridized carbons (Fsp3) is 0.412. The molecule has 158 valence electrons. The van der Waals surface area contributed by atoms with Gasteiger partial charge in [-0.2, -0.15) is 18.3 Å². The van der Waals surface area contributed by atoms with E-state index in [4.69, 9.17) is 4.74 Å². The minimum Gasteiger partial charge on any atom is -0.462 e. The van der Waals surface area contributed by atoms with Crippen molar-refractivity contribution < 1.29 is 32.3 Å². The Kier molecular flexibility index (Phi) is 6.89. The minimum absolute atomic E-state index is 0.0461. The van der Waals surface area contributed by atoms with E-state index in [2.05, 4.69) is 26.3 Å². The van der Waals surface area contributed by atoms with Crippen molar-refractivity contribution in [2.75, 3.05) is 11.9 Å². The van der Waals surface area contributed by atoms with Crippen LogP contribution < -0.4 is 5.32 Å². The number of carbonyl (C=O) groups excluding carboxylic acids is 3. The van der Waals surface area contributed by atoms with E-state index >= 15 is 0 Å². The average molecular weight is 496 g/mol. The van der Waals surface area contributed by atoms with Gasteiger partial charge in [-0.05, 0) is 49.2 Å². The van der Waals surface area contributed by atoms with Crippen molar-refractivity contribution in [1.82, 2.24) is 9.78 Å². The molecule has 0 saturated carbocycles. The fourth-order valence-electron chi connectivity index (χ4n) is 2.55. The number of aromatic nitrogens is 2. The lowest BCUT2D eigenvalue weighted by atomic mass is 10.1. The van der Waals surface area contributed by atoms with Gasteiger partial charge in [0.15, 0.2) is 11.5 Å². The highest BCUT2D eigenvalue weighted by Crippen LogP contribution is 2.36. The highest BCUT2D eigenvalue weighted by Gasteiger charge is 2.38. The van der Waals surface area contributed by atoms with Crippen LogP contribution in [-0.2, 0) is 22.3 Å². The number of carbonyl (C=O) groups is 3. The van der Waals surface area contributed by atoms with Crippen molar-refractivity contribution in [3.05, 3.63) is 31.9 Å². The molecule has 7 nitrogen and oxygen atoms in total. The van der Waals surface area contributed by atoms with Crippen molar-refractivity contribution >= 4 is 49.9 Å². The predicted molar refractivity (Wildman–Crippen MR) is 103 cm³/mol. The summed E-state index contributed by atoms with van der Waals surface area (Å²) >= 11 is 3.74. The van der Waals surface area contributed by atoms with Crippen LogP contribution in [0.15, 0.2) is 4.47 Å². The van der Waals surface area contributed by atoms with E-state index in [0.717, 1.165) is 16.0 Å². The molecule has 0 aliphatic heterocycles. The van der Waals surface area contributed by atoms with Gasteiger partial charge < -0.3 is 10.1 Å². The summed E-state index contributed by atoms with van der Waals surface area (Å²) in [5.74, 6) is -1.71. The van der Waals surface area contributed by atoms with Crippen LogP contribution in [0.25, 0.3) is 0 Å². The summed E-state index contributed by atoms with van der Waals surface area (Å²) < 4.78 is 44.5. The first-order chi connectivity index (χ1) is 13.4. The summed E-state index contributed by atoms with van der Waals surface area (Å²) in [5.41, 5.74) is -0.607. The number of ether oxygens (including phenoxy) is 1. The van der Waals surface area contributed by atoms with Gasteiger partial charge in [-0.1, -0.05) is 0 Å². The van der Waals surface area contributed by atoms with Crippen LogP contribution >= 0.6 is 27.3 Å². The number of Topliss-reactive ketones (excluding diaryl/α,β-unsaturated/α-hetero) is 1. The average Bonchev–Trinajstić information content (AvgIpc) is 3.06. The predicted octanol–water partition coefficient (Wildman–Crippen LogP) is 4.36. The fourth-order valence-corrected chi connectivity index (χ4v) is 4.16. The van der Waals surface area contributed by atoms with Gasteiger partial charge in [0, 0.05) is 0 Å². The van der Waals surface area contributed by atoms with E-state index in [1.54, 1.807) is 13.8 Å². The molecule has 0 bridgehead atoms. The zero-order valence-electron chi connectivity index (χ0n) is 15.9. The van der Waals surface area contributed by atoms with Crippen LogP contribution in [0.5, 0.6) is 0 Å². The summed E-state index contributed by atoms with van der Waals surface area (Å²) in [6, 6.07) is 0. The Bertz CT molecular complexity index is 982. The molecule has 1 amide bonds. The van der Waals surface area contributed by atoms with Crippen LogP contribution in [0.4, 0.5) is 18.2 Å². The first kappa shape index (κ1) is 23.1. The second-order valence-corrected chi connectivity index (χ2v) is 7.80. The Morgan fingerprint density at radius 3 is 2.38 bits per heavy atom. The van der Waals surface area contributed by atoms with Crippen molar-refractivity contribution in [3.63, 3.8) is 0 Å². The van der Waals surface area contributed by atoms with Crippen LogP contribution in [0.2, 0.25) is 0 Å². The van der Waals surface area contributed by atoms with E-state index in [1.807, 2.05) is 0 Å². The summed E-state index contributed by atoms with van der Waals surface area (Å²) in [7, 11) is 0. The standard InChI is InChI=1S/C17H17BrF3N3O4S/c1-5-28-16(27)11-7(2)13(9(4)25)29-15(11)22-10(26)6-24-8(3)12(18)14(23-24)17(19,20)21/h5-6H2,1-4H3,(H,22,26). The number of thiophene rings is 1. The molecule has 0 atom stereocenters. The third-order valence-electron chi connectivity index (χ3n) is 3.89. The zero-order chi connectivity index (χ0) is 22.1. The highest BCUT2D eigenvalue weighted by molar-refractivity contribution is 9.10. The van der Waals surface area contributed by atoms with E-state index < -0.39 is 30.3 Å². The molecule has 29 heavy (non-hydrogen) atoms. The van der Waals surface area contributed by atoms with Crippen molar-refractivity contribution in [2.45, 2.75) is 40.4 Å². The monoisotopic (exact) mass is 495 g/mol. The Balaban J connectivity index is 2.33. The summed E-state index contributed by atoms with van der Waals surface area (Å²) in [6.07, 6.45) is -4.68. The van der Waals surface area contributed by atoms with Gasteiger partial charge in [0.25, 0.3) is 0 Å². The molecule has 2 aromatic rings. The van der Waals surface area contributed by atoms with Gasteiger partial charge in [-0.15, -0.1) is 11.3 Å². The number of hydrogen-bond acceptors (Lipinski definition) is 6. The first-order valence-corrected chi connectivity index (χ1v) is 9.90. The minimum atomic E-state index is -4.68. The normalized spacial score (nSPS) is 11.4. The lowest BCUT2D eigenvalue weighted by Gasteiger charge is -2.08. The summed E-state index contributed by atoms with van der Waals surface area (Å²) in [5, 5.41) is 6.01. The van der Waals surface area contributed by atoms with Gasteiger partial charge >= 0.3 is 12.1 Å². The van der Waals surface area contributed by atoms with Crippen molar-refractivity contribution in [3.8, 4) is 0 Å². The summed E-state index contributed by atoms with van der Waals surface area (Å²) in [6.45, 7) is 5.45. The number of nitrogens with zero attached hydrogens (tertiary/aromatic N) is 2. The number of esters is 1. The number of halogens is 4. The van der Waals surface area contributed by atoms with Gasteiger partial charge in [-0.25, -0.2) is 4.79 Å². The Morgan fingerprint density at radius 2 is 1.90 bits per heavy atom. The molecule has 2 heterocycles. The van der Waals surface area contributed by atoms with Crippen LogP contribution in [0, 0.1) is 13.8 Å². The molecule has 0 aromatic carbocycles. The van der Waals surface area contributed by atoms with Crippen LogP contribution in [0.1, 0.15) is 50.8 Å². The molecule has 0 radical (unpaired) electrons. The topological polar surface area (TPSA) is 90.3 Å². The molecule has 0 aliphatic carbocycles. The Labute approximate surface area is 176 Å². The molecule has 2 rings (SSSR count). The van der Waals surface area contributed by atoms with E-state index in [1.165, 1.54) is 13.8 Å². The lowest BCUT2D eigenvalue weighted by Crippen LogP contribution is -2.21. The Morgan fingerprint density at radius 1 is 1.28 bits per heavy atom. The highest BCUT2D eigenvalue weighted by atomic mass is 79.9. The van der Waals surface area contributed by atoms with Gasteiger partial charge in [0.05, 0.1) is 27.2 Å². The van der Waals surface area contributed by atoms with E-state index in [-0.39, 0.29) is 38.0 Å². The van der Waals surface area contributed by atoms with Gasteiger partial charge in [0.2, 0.25) is 5.91 Å². The van der Waals surface area contributed by atoms with Crippen molar-refractivity contribution in [1.29, 1.82) is 0 Å². The first-order valence-electron chi connectivity index (χ1n) is 8.29. The molecule has 2 aromatic heterocycles. The Hall–Kier alpha value is -2.21. The molecule has 1 N–H and O–H groups in total. The lowest BCUT2D eigenvalue weighted by molar-refractivity contribution is -0.142. The largest absolute Gasteiger partial charge is 0.462 e. The molecular weight excluding hydrogens is 479 g/mol. The number of nitrogens with one attached hydrogen (secondary N) is 1. The maximum Gasteiger partial charge on any atom is 0.436 e. The van der Waals surface area contributed by atoms with E-state index in [0.29, 0.717) is 5.56 Å². The van der Waals surface area contributed by atoms with Gasteiger partial charge in [-0.3, -0.25) is 14.3 Å². The second kappa shape index (κ2) is 8.66. The van der Waals surface area contributed by atoms with Crippen LogP contribution in [0.3, 0.4) is 0 Å². The van der Waals surface area contributed by atoms with Crippen LogP contribution in [-0.4, -0.2) is 34.0 Å². The maximum absolute atomic E-state index is 13.0. The molecule has 12 heteroatoms. The third kappa shape index (κ3) is 4.86. The molecular formula is C17H17BrF3N3O4S. The van der Waals surface area contributed by atoms with Gasteiger partial charge in [0.1, 0.15) is 11.5 Å². The number of hydrogen-bond donors (Lipinski definition) is 1. The second-order valence-electron chi connectivity index (χ2n) is 5.99. The molecule has 0 fully saturated rings. The number of ketones is 1. The number of amides is 1. The quantitative estimate of drug-likeness (QED) is 0.474. The molecule has 0 unspecified atom stereocenters. The molecule has 0 spiro atoms. The number of rotatable bonds is 6. The summed E-state index contributed by atoms with van der Waals surface area (Å²) in [4.78, 5) is 36.7. The maximum atomic E-state index is 13.0.